The van der Waals surface area contributed by atoms with Crippen LogP contribution in [0.4, 0.5) is 4.39 Å². The number of sulfonamides is 1. The summed E-state index contributed by atoms with van der Waals surface area (Å²) in [5.74, 6) is -0.756. The Bertz CT molecular complexity index is 1310. The van der Waals surface area contributed by atoms with Crippen molar-refractivity contribution in [3.8, 4) is 17.6 Å². The van der Waals surface area contributed by atoms with Crippen LogP contribution in [0.3, 0.4) is 0 Å². The third-order valence-corrected chi connectivity index (χ3v) is 8.14. The van der Waals surface area contributed by atoms with Crippen molar-refractivity contribution in [2.24, 2.45) is 0 Å². The standard InChI is InChI=1S/C18H17FN3O6PS2/c19-16-9-15(2-1-12(16)10-21)28-29(23,24)11-22-31(25,26)18-8-13-7-14(27-6-5-20)3-4-17(13)30-18/h1-4,7-9,22H,5-6,11,20H2,(H,23,24). The molecule has 3 aromatic rings. The third kappa shape index (κ3) is 5.80. The van der Waals surface area contributed by atoms with Crippen LogP contribution in [0.15, 0.2) is 46.7 Å². The molecule has 3 rings (SSSR count). The number of ether oxygens (including phenoxy) is 1. The normalized spacial score (nSPS) is 13.5. The van der Waals surface area contributed by atoms with Crippen molar-refractivity contribution in [3.63, 3.8) is 0 Å². The number of halogens is 1. The minimum Gasteiger partial charge on any atom is -0.768 e. The van der Waals surface area contributed by atoms with Gasteiger partial charge in [0.1, 0.15) is 40.7 Å². The summed E-state index contributed by atoms with van der Waals surface area (Å²) >= 11 is 0.966. The Balaban J connectivity index is 1.72. The van der Waals surface area contributed by atoms with Crippen LogP contribution in [0.25, 0.3) is 10.1 Å². The molecule has 1 heterocycles. The molecule has 0 aliphatic rings. The summed E-state index contributed by atoms with van der Waals surface area (Å²) in [5, 5.41) is 9.32. The highest BCUT2D eigenvalue weighted by molar-refractivity contribution is 7.92. The molecule has 0 fully saturated rings. The molecule has 0 aliphatic heterocycles. The summed E-state index contributed by atoms with van der Waals surface area (Å²) in [5.41, 5.74) is 3.40. The van der Waals surface area contributed by atoms with Gasteiger partial charge < -0.3 is 19.9 Å². The second-order valence-corrected chi connectivity index (χ2v) is 11.0. The molecule has 31 heavy (non-hydrogen) atoms. The molecule has 0 amide bonds. The molecule has 9 nitrogen and oxygen atoms in total. The fourth-order valence-electron chi connectivity index (χ4n) is 2.48. The number of fused-ring (bicyclic) bond motifs is 1. The Kier molecular flexibility index (Phi) is 6.96. The highest BCUT2D eigenvalue weighted by Gasteiger charge is 2.21. The van der Waals surface area contributed by atoms with E-state index in [9.17, 15) is 22.3 Å². The van der Waals surface area contributed by atoms with E-state index in [-0.39, 0.29) is 15.5 Å². The monoisotopic (exact) mass is 485 g/mol. The van der Waals surface area contributed by atoms with Crippen LogP contribution < -0.4 is 24.6 Å². The summed E-state index contributed by atoms with van der Waals surface area (Å²) in [4.78, 5) is 12.1. The number of quaternary nitrogens is 1. The van der Waals surface area contributed by atoms with E-state index in [1.165, 1.54) is 6.07 Å². The lowest BCUT2D eigenvalue weighted by molar-refractivity contribution is -0.370. The summed E-state index contributed by atoms with van der Waals surface area (Å²) in [6.07, 6.45) is -1.04. The number of nitrogens with zero attached hydrogens (tertiary/aromatic N) is 1. The van der Waals surface area contributed by atoms with Gasteiger partial charge in [0.15, 0.2) is 7.60 Å². The highest BCUT2D eigenvalue weighted by Crippen LogP contribution is 2.38. The van der Waals surface area contributed by atoms with E-state index in [0.29, 0.717) is 29.0 Å². The zero-order chi connectivity index (χ0) is 22.6. The first-order valence-electron chi connectivity index (χ1n) is 8.78. The topological polar surface area (TPSA) is 156 Å². The van der Waals surface area contributed by atoms with E-state index < -0.39 is 29.7 Å². The van der Waals surface area contributed by atoms with Gasteiger partial charge in [0, 0.05) is 10.8 Å². The van der Waals surface area contributed by atoms with Crippen molar-refractivity contribution in [1.82, 2.24) is 4.72 Å². The molecule has 0 radical (unpaired) electrons. The van der Waals surface area contributed by atoms with Crippen molar-refractivity contribution < 1.29 is 37.3 Å². The Morgan fingerprint density at radius 3 is 2.65 bits per heavy atom. The lowest BCUT2D eigenvalue weighted by atomic mass is 10.2. The van der Waals surface area contributed by atoms with E-state index in [2.05, 4.69) is 5.73 Å². The maximum Gasteiger partial charge on any atom is 0.250 e. The molecule has 1 atom stereocenters. The number of benzene rings is 2. The average Bonchev–Trinajstić information content (AvgIpc) is 3.15. The van der Waals surface area contributed by atoms with Gasteiger partial charge in [-0.3, -0.25) is 4.57 Å². The first kappa shape index (κ1) is 23.1. The van der Waals surface area contributed by atoms with Crippen LogP contribution in [-0.2, 0) is 14.6 Å². The van der Waals surface area contributed by atoms with Gasteiger partial charge in [-0.2, -0.15) is 5.26 Å². The van der Waals surface area contributed by atoms with Crippen LogP contribution in [0.5, 0.6) is 11.5 Å². The van der Waals surface area contributed by atoms with E-state index in [1.54, 1.807) is 24.3 Å². The van der Waals surface area contributed by atoms with Gasteiger partial charge in [0.25, 0.3) is 10.0 Å². The molecule has 1 aromatic heterocycles. The molecule has 13 heteroatoms. The van der Waals surface area contributed by atoms with Gasteiger partial charge in [-0.1, -0.05) is 0 Å². The molecular formula is C18H17FN3O6PS2. The molecule has 4 N–H and O–H groups in total. The van der Waals surface area contributed by atoms with E-state index >= 15 is 0 Å². The quantitative estimate of drug-likeness (QED) is 0.434. The number of rotatable bonds is 9. The molecule has 1 unspecified atom stereocenters. The van der Waals surface area contributed by atoms with Crippen LogP contribution in [0.1, 0.15) is 5.56 Å². The van der Waals surface area contributed by atoms with E-state index in [4.69, 9.17) is 14.5 Å². The summed E-state index contributed by atoms with van der Waals surface area (Å²) in [6, 6.07) is 11.0. The number of hydrogen-bond donors (Lipinski definition) is 2. The Morgan fingerprint density at radius 1 is 1.23 bits per heavy atom. The molecule has 0 saturated heterocycles. The van der Waals surface area contributed by atoms with E-state index in [1.807, 2.05) is 4.72 Å². The molecule has 164 valence electrons. The first-order chi connectivity index (χ1) is 14.6. The fourth-order valence-corrected chi connectivity index (χ4v) is 6.38. The Morgan fingerprint density at radius 2 is 1.97 bits per heavy atom. The molecule has 0 bridgehead atoms. The van der Waals surface area contributed by atoms with Gasteiger partial charge in [-0.05, 0) is 41.8 Å². The first-order valence-corrected chi connectivity index (χ1v) is 12.8. The SMILES string of the molecule is N#Cc1ccc(OP(=O)([O-])CNS(=O)(=O)c2cc3cc(OCC[NH3+])ccc3s2)cc1F. The van der Waals surface area contributed by atoms with Gasteiger partial charge >= 0.3 is 0 Å². The molecular weight excluding hydrogens is 468 g/mol. The maximum absolute atomic E-state index is 13.6. The van der Waals surface area contributed by atoms with Gasteiger partial charge in [0.2, 0.25) is 0 Å². The predicted molar refractivity (Wildman–Crippen MR) is 110 cm³/mol. The number of thiophene rings is 1. The largest absolute Gasteiger partial charge is 0.768 e. The van der Waals surface area contributed by atoms with Crippen LogP contribution in [0.2, 0.25) is 0 Å². The van der Waals surface area contributed by atoms with Crippen LogP contribution in [0, 0.1) is 17.1 Å². The van der Waals surface area contributed by atoms with Crippen molar-refractivity contribution >= 4 is 39.0 Å². The van der Waals surface area contributed by atoms with E-state index in [0.717, 1.165) is 29.5 Å². The zero-order valence-corrected chi connectivity index (χ0v) is 18.4. The van der Waals surface area contributed by atoms with Crippen LogP contribution >= 0.6 is 18.9 Å². The molecule has 0 aliphatic carbocycles. The van der Waals surface area contributed by atoms with Crippen molar-refractivity contribution in [3.05, 3.63) is 53.8 Å². The Hall–Kier alpha value is -2.52. The van der Waals surface area contributed by atoms with Gasteiger partial charge in [-0.25, -0.2) is 17.5 Å². The predicted octanol–water partition coefficient (Wildman–Crippen LogP) is 1.40. The number of nitrogens with one attached hydrogen (secondary N) is 1. The average molecular weight is 485 g/mol. The summed E-state index contributed by atoms with van der Waals surface area (Å²) in [7, 11) is -8.89. The van der Waals surface area contributed by atoms with Crippen molar-refractivity contribution in [1.29, 1.82) is 5.26 Å². The minimum absolute atomic E-state index is 0.0822. The minimum atomic E-state index is -4.74. The second-order valence-electron chi connectivity index (χ2n) is 6.23. The van der Waals surface area contributed by atoms with Crippen LogP contribution in [-0.4, -0.2) is 27.9 Å². The molecule has 2 aromatic carbocycles. The van der Waals surface area contributed by atoms with Crippen molar-refractivity contribution in [2.45, 2.75) is 4.21 Å². The summed E-state index contributed by atoms with van der Waals surface area (Å²) in [6.45, 7) is 1.00. The molecule has 0 saturated carbocycles. The van der Waals surface area contributed by atoms with Crippen molar-refractivity contribution in [2.75, 3.05) is 19.4 Å². The summed E-state index contributed by atoms with van der Waals surface area (Å²) < 4.78 is 63.6. The number of nitriles is 1. The lowest BCUT2D eigenvalue weighted by Crippen LogP contribution is -2.52. The highest BCUT2D eigenvalue weighted by atomic mass is 32.2. The zero-order valence-electron chi connectivity index (χ0n) is 15.9. The third-order valence-electron chi connectivity index (χ3n) is 3.90. The lowest BCUT2D eigenvalue weighted by Gasteiger charge is -2.24. The van der Waals surface area contributed by atoms with Gasteiger partial charge in [0.05, 0.1) is 11.8 Å². The van der Waals surface area contributed by atoms with Gasteiger partial charge in [-0.15, -0.1) is 11.3 Å². The maximum atomic E-state index is 13.6. The number of hydrogen-bond acceptors (Lipinski definition) is 8. The second kappa shape index (κ2) is 9.32. The fraction of sp³-hybridized carbons (Fsp3) is 0.167. The Labute approximate surface area is 181 Å². The molecule has 0 spiro atoms. The smallest absolute Gasteiger partial charge is 0.250 e.